The number of nitrogens with zero attached hydrogens (tertiary/aromatic N) is 3. The third kappa shape index (κ3) is 7.28. The molecule has 1 amide bonds. The zero-order valence-electron chi connectivity index (χ0n) is 25.5. The molecular formula is C33H43Cl2N3O5S. The van der Waals surface area contributed by atoms with Gasteiger partial charge in [-0.05, 0) is 107 Å². The smallest absolute Gasteiger partial charge is 0.304 e. The first-order chi connectivity index (χ1) is 20.9. The molecule has 1 aliphatic carbocycles. The average molecular weight is 665 g/mol. The number of hydrogen-bond acceptors (Lipinski definition) is 5. The molecule has 0 spiro atoms. The van der Waals surface area contributed by atoms with E-state index >= 15 is 0 Å². The Morgan fingerprint density at radius 1 is 1.07 bits per heavy atom. The van der Waals surface area contributed by atoms with Crippen molar-refractivity contribution in [1.82, 2.24) is 14.1 Å². The second-order valence-electron chi connectivity index (χ2n) is 12.9. The molecule has 0 radical (unpaired) electrons. The Morgan fingerprint density at radius 2 is 1.75 bits per heavy atom. The molecule has 4 atom stereocenters. The molecule has 240 valence electrons. The molecule has 2 heterocycles. The summed E-state index contributed by atoms with van der Waals surface area (Å²) in [6.07, 6.45) is 4.50. The second-order valence-corrected chi connectivity index (χ2v) is 16.1. The number of carbonyl (C=O) groups excluding carboxylic acids is 1. The van der Waals surface area contributed by atoms with Crippen molar-refractivity contribution in [1.29, 1.82) is 0 Å². The fraction of sp³-hybridized carbons (Fsp3) is 0.576. The third-order valence-corrected chi connectivity index (χ3v) is 12.6. The summed E-state index contributed by atoms with van der Waals surface area (Å²) in [5.74, 6) is -1.43. The van der Waals surface area contributed by atoms with Gasteiger partial charge in [-0.3, -0.25) is 9.59 Å². The average Bonchev–Trinajstić information content (AvgIpc) is 3.72. The van der Waals surface area contributed by atoms with Gasteiger partial charge in [-0.1, -0.05) is 47.5 Å². The molecule has 3 fully saturated rings. The number of rotatable bonds is 13. The van der Waals surface area contributed by atoms with E-state index in [0.717, 1.165) is 37.1 Å². The van der Waals surface area contributed by atoms with Gasteiger partial charge in [0.05, 0.1) is 23.1 Å². The van der Waals surface area contributed by atoms with Crippen LogP contribution in [0.25, 0.3) is 0 Å². The Bertz CT molecular complexity index is 1450. The molecule has 2 aliphatic heterocycles. The summed E-state index contributed by atoms with van der Waals surface area (Å²) in [5, 5.41) is 11.0. The van der Waals surface area contributed by atoms with Crippen LogP contribution in [0.3, 0.4) is 0 Å². The van der Waals surface area contributed by atoms with Crippen LogP contribution >= 0.6 is 23.2 Å². The summed E-state index contributed by atoms with van der Waals surface area (Å²) in [4.78, 5) is 31.6. The van der Waals surface area contributed by atoms with Crippen LogP contribution in [-0.2, 0) is 19.6 Å². The highest BCUT2D eigenvalue weighted by Gasteiger charge is 2.54. The van der Waals surface area contributed by atoms with Gasteiger partial charge in [-0.25, -0.2) is 12.7 Å². The summed E-state index contributed by atoms with van der Waals surface area (Å²) in [6, 6.07) is 14.3. The van der Waals surface area contributed by atoms with Crippen molar-refractivity contribution in [3.63, 3.8) is 0 Å². The molecule has 2 saturated heterocycles. The van der Waals surface area contributed by atoms with Gasteiger partial charge in [0.25, 0.3) is 0 Å². The number of amides is 1. The van der Waals surface area contributed by atoms with Gasteiger partial charge < -0.3 is 14.9 Å². The molecule has 2 aromatic carbocycles. The minimum atomic E-state index is -3.37. The second kappa shape index (κ2) is 13.7. The van der Waals surface area contributed by atoms with E-state index < -0.39 is 27.4 Å². The van der Waals surface area contributed by atoms with E-state index in [9.17, 15) is 23.1 Å². The molecule has 2 aromatic rings. The molecule has 0 bridgehead atoms. The van der Waals surface area contributed by atoms with Gasteiger partial charge in [-0.2, -0.15) is 0 Å². The number of benzene rings is 2. The summed E-state index contributed by atoms with van der Waals surface area (Å²) in [7, 11) is -1.77. The SMILES string of the molecule is C[C@@H](CCN(C)S(=O)(=O)C1CC1)N1C(=O)[C@@](CCN2CCCC2)(CC(=O)O)C[C@H](c2cccc(Cl)c2)[C@H]1c1ccc(Cl)cc1. The van der Waals surface area contributed by atoms with E-state index in [4.69, 9.17) is 23.2 Å². The van der Waals surface area contributed by atoms with E-state index in [2.05, 4.69) is 4.90 Å². The van der Waals surface area contributed by atoms with Gasteiger partial charge >= 0.3 is 5.97 Å². The first-order valence-electron chi connectivity index (χ1n) is 15.6. The van der Waals surface area contributed by atoms with Gasteiger partial charge in [0, 0.05) is 35.6 Å². The molecule has 5 rings (SSSR count). The number of likely N-dealkylation sites (tertiary alicyclic amines) is 2. The quantitative estimate of drug-likeness (QED) is 0.274. The lowest BCUT2D eigenvalue weighted by Gasteiger charge is -2.53. The Balaban J connectivity index is 1.58. The largest absolute Gasteiger partial charge is 0.481 e. The van der Waals surface area contributed by atoms with Crippen molar-refractivity contribution in [2.75, 3.05) is 33.2 Å². The molecule has 3 aliphatic rings. The van der Waals surface area contributed by atoms with E-state index in [1.54, 1.807) is 7.05 Å². The van der Waals surface area contributed by atoms with Crippen LogP contribution in [0.4, 0.5) is 0 Å². The van der Waals surface area contributed by atoms with Gasteiger partial charge in [0.1, 0.15) is 0 Å². The normalized spacial score (nSPS) is 25.5. The maximum absolute atomic E-state index is 14.9. The molecule has 0 unspecified atom stereocenters. The lowest BCUT2D eigenvalue weighted by atomic mass is 9.64. The monoisotopic (exact) mass is 663 g/mol. The number of halogens is 2. The Labute approximate surface area is 271 Å². The molecule has 0 aromatic heterocycles. The molecule has 8 nitrogen and oxygen atoms in total. The molecule has 1 N–H and O–H groups in total. The summed E-state index contributed by atoms with van der Waals surface area (Å²) in [5.41, 5.74) is 0.693. The highest BCUT2D eigenvalue weighted by Crippen LogP contribution is 2.54. The summed E-state index contributed by atoms with van der Waals surface area (Å²) >= 11 is 12.8. The van der Waals surface area contributed by atoms with Crippen LogP contribution in [-0.4, -0.2) is 84.0 Å². The van der Waals surface area contributed by atoms with E-state index in [-0.39, 0.29) is 36.1 Å². The van der Waals surface area contributed by atoms with Gasteiger partial charge in [0.15, 0.2) is 0 Å². The maximum atomic E-state index is 14.9. The van der Waals surface area contributed by atoms with Crippen molar-refractivity contribution in [2.45, 2.75) is 81.5 Å². The predicted molar refractivity (Wildman–Crippen MR) is 173 cm³/mol. The minimum Gasteiger partial charge on any atom is -0.481 e. The lowest BCUT2D eigenvalue weighted by Crippen LogP contribution is -2.57. The standard InChI is InChI=1S/C33H43Cl2N3O5S/c1-23(14-18-36(2)44(42,43)28-12-13-28)38-31(24-8-10-26(34)11-9-24)29(25-6-5-7-27(35)20-25)21-33(32(38)41,22-30(39)40)15-19-37-16-3-4-17-37/h5-11,20,23,28-29,31H,3-4,12-19,21-22H2,1-2H3,(H,39,40)/t23-,29+,31+,33+/m0/s1. The van der Waals surface area contributed by atoms with Crippen LogP contribution < -0.4 is 0 Å². The number of aliphatic carboxylic acids is 1. The van der Waals surface area contributed by atoms with Crippen molar-refractivity contribution >= 4 is 45.1 Å². The number of sulfonamides is 1. The van der Waals surface area contributed by atoms with Crippen molar-refractivity contribution in [2.24, 2.45) is 5.41 Å². The van der Waals surface area contributed by atoms with E-state index in [0.29, 0.717) is 48.7 Å². The predicted octanol–water partition coefficient (Wildman–Crippen LogP) is 6.20. The lowest BCUT2D eigenvalue weighted by molar-refractivity contribution is -0.162. The van der Waals surface area contributed by atoms with Crippen molar-refractivity contribution in [3.8, 4) is 0 Å². The van der Waals surface area contributed by atoms with Crippen LogP contribution in [0.15, 0.2) is 48.5 Å². The maximum Gasteiger partial charge on any atom is 0.304 e. The highest BCUT2D eigenvalue weighted by atomic mass is 35.5. The molecule has 11 heteroatoms. The van der Waals surface area contributed by atoms with Crippen LogP contribution in [0.5, 0.6) is 0 Å². The van der Waals surface area contributed by atoms with Crippen LogP contribution in [0.2, 0.25) is 10.0 Å². The number of carboxylic acid groups (broad SMARTS) is 1. The van der Waals surface area contributed by atoms with E-state index in [1.165, 1.54) is 4.31 Å². The number of carbonyl (C=O) groups is 2. The Kier molecular flexibility index (Phi) is 10.3. The molecule has 44 heavy (non-hydrogen) atoms. The first-order valence-corrected chi connectivity index (χ1v) is 17.9. The minimum absolute atomic E-state index is 0.183. The fourth-order valence-corrected chi connectivity index (χ4v) is 9.07. The third-order valence-electron chi connectivity index (χ3n) is 9.78. The molecular weight excluding hydrogens is 621 g/mol. The summed E-state index contributed by atoms with van der Waals surface area (Å²) in [6.45, 7) is 4.76. The topological polar surface area (TPSA) is 98.2 Å². The zero-order chi connectivity index (χ0) is 31.6. The van der Waals surface area contributed by atoms with Gasteiger partial charge in [-0.15, -0.1) is 0 Å². The highest BCUT2D eigenvalue weighted by molar-refractivity contribution is 7.90. The van der Waals surface area contributed by atoms with Crippen LogP contribution in [0.1, 0.15) is 81.4 Å². The van der Waals surface area contributed by atoms with E-state index in [1.807, 2.05) is 60.4 Å². The number of hydrogen-bond donors (Lipinski definition) is 1. The van der Waals surface area contributed by atoms with Crippen molar-refractivity contribution in [3.05, 3.63) is 69.7 Å². The molecule has 1 saturated carbocycles. The van der Waals surface area contributed by atoms with Crippen molar-refractivity contribution < 1.29 is 23.1 Å². The first kappa shape index (κ1) is 33.2. The number of piperidine rings is 1. The summed E-state index contributed by atoms with van der Waals surface area (Å²) < 4.78 is 27.3. The Morgan fingerprint density at radius 3 is 2.36 bits per heavy atom. The number of carboxylic acids is 1. The van der Waals surface area contributed by atoms with Crippen LogP contribution in [0, 0.1) is 5.41 Å². The van der Waals surface area contributed by atoms with Gasteiger partial charge in [0.2, 0.25) is 15.9 Å². The Hall–Kier alpha value is -2.17. The zero-order valence-corrected chi connectivity index (χ0v) is 27.8. The fourth-order valence-electron chi connectivity index (χ4n) is 7.15.